The second kappa shape index (κ2) is 8.16. The van der Waals surface area contributed by atoms with Gasteiger partial charge < -0.3 is 5.32 Å². The van der Waals surface area contributed by atoms with Crippen LogP contribution in [0.4, 0.5) is 0 Å². The van der Waals surface area contributed by atoms with E-state index in [1.165, 1.54) is 84.0 Å². The smallest absolute Gasteiger partial charge is 0.0110 e. The molecule has 2 nitrogen and oxygen atoms in total. The van der Waals surface area contributed by atoms with Crippen LogP contribution in [-0.4, -0.2) is 37.1 Å². The van der Waals surface area contributed by atoms with Crippen molar-refractivity contribution in [3.8, 4) is 0 Å². The quantitative estimate of drug-likeness (QED) is 0.698. The Morgan fingerprint density at radius 1 is 0.944 bits per heavy atom. The van der Waals surface area contributed by atoms with Crippen molar-refractivity contribution in [3.05, 3.63) is 0 Å². The molecule has 0 radical (unpaired) electrons. The lowest BCUT2D eigenvalue weighted by Crippen LogP contribution is -2.41. The summed E-state index contributed by atoms with van der Waals surface area (Å²) in [4.78, 5) is 2.71. The maximum Gasteiger partial charge on any atom is 0.0110 e. The molecule has 0 aromatic carbocycles. The molecule has 0 bridgehead atoms. The number of hydrogen-bond acceptors (Lipinski definition) is 2. The molecule has 18 heavy (non-hydrogen) atoms. The lowest BCUT2D eigenvalue weighted by molar-refractivity contribution is 0.164. The molecule has 0 aliphatic heterocycles. The Hall–Kier alpha value is -0.0800. The Labute approximate surface area is 114 Å². The van der Waals surface area contributed by atoms with Gasteiger partial charge in [-0.25, -0.2) is 0 Å². The van der Waals surface area contributed by atoms with Gasteiger partial charge in [0, 0.05) is 19.1 Å². The molecule has 0 unspecified atom stereocenters. The first-order chi connectivity index (χ1) is 8.90. The highest BCUT2D eigenvalue weighted by Crippen LogP contribution is 2.24. The molecule has 2 heteroatoms. The highest BCUT2D eigenvalue weighted by molar-refractivity contribution is 4.76. The molecule has 2 aliphatic rings. The minimum absolute atomic E-state index is 0.886. The first-order valence-corrected chi connectivity index (χ1v) is 8.35. The minimum atomic E-state index is 0.886. The standard InChI is InChI=1S/C16H32N2/c1-2-18(16-10-4-3-5-11-16)13-12-17-14-15-8-6-7-9-15/h15-17H,2-14H2,1H3. The van der Waals surface area contributed by atoms with Crippen molar-refractivity contribution in [1.82, 2.24) is 10.2 Å². The van der Waals surface area contributed by atoms with Crippen LogP contribution in [0.3, 0.4) is 0 Å². The van der Waals surface area contributed by atoms with Crippen LogP contribution in [0.2, 0.25) is 0 Å². The van der Waals surface area contributed by atoms with Crippen molar-refractivity contribution in [2.75, 3.05) is 26.2 Å². The fourth-order valence-corrected chi connectivity index (χ4v) is 3.79. The van der Waals surface area contributed by atoms with Crippen LogP contribution in [0.15, 0.2) is 0 Å². The summed E-state index contributed by atoms with van der Waals surface area (Å²) >= 11 is 0. The summed E-state index contributed by atoms with van der Waals surface area (Å²) in [6, 6.07) is 0.886. The second-order valence-corrected chi connectivity index (χ2v) is 6.28. The number of nitrogens with one attached hydrogen (secondary N) is 1. The molecule has 0 saturated heterocycles. The van der Waals surface area contributed by atoms with E-state index in [1.54, 1.807) is 0 Å². The number of likely N-dealkylation sites (N-methyl/N-ethyl adjacent to an activating group) is 1. The summed E-state index contributed by atoms with van der Waals surface area (Å²) < 4.78 is 0. The van der Waals surface area contributed by atoms with Crippen molar-refractivity contribution in [1.29, 1.82) is 0 Å². The molecule has 0 aromatic heterocycles. The average Bonchev–Trinajstić information content (AvgIpc) is 2.93. The molecule has 1 N–H and O–H groups in total. The highest BCUT2D eigenvalue weighted by atomic mass is 15.2. The predicted molar refractivity (Wildman–Crippen MR) is 78.9 cm³/mol. The second-order valence-electron chi connectivity index (χ2n) is 6.28. The molecule has 0 amide bonds. The van der Waals surface area contributed by atoms with Crippen LogP contribution in [0, 0.1) is 5.92 Å². The van der Waals surface area contributed by atoms with E-state index in [0.717, 1.165) is 12.0 Å². The average molecular weight is 252 g/mol. The first kappa shape index (κ1) is 14.3. The molecular formula is C16H32N2. The third-order valence-electron chi connectivity index (χ3n) is 4.98. The zero-order valence-corrected chi connectivity index (χ0v) is 12.3. The van der Waals surface area contributed by atoms with Crippen LogP contribution in [0.25, 0.3) is 0 Å². The topological polar surface area (TPSA) is 15.3 Å². The van der Waals surface area contributed by atoms with Gasteiger partial charge in [0.2, 0.25) is 0 Å². The fraction of sp³-hybridized carbons (Fsp3) is 1.00. The van der Waals surface area contributed by atoms with E-state index in [-0.39, 0.29) is 0 Å². The van der Waals surface area contributed by atoms with Crippen molar-refractivity contribution >= 4 is 0 Å². The van der Waals surface area contributed by atoms with Crippen molar-refractivity contribution in [2.45, 2.75) is 70.8 Å². The Morgan fingerprint density at radius 2 is 1.61 bits per heavy atom. The number of rotatable bonds is 7. The molecular weight excluding hydrogens is 220 g/mol. The van der Waals surface area contributed by atoms with Gasteiger partial charge >= 0.3 is 0 Å². The Kier molecular flexibility index (Phi) is 6.50. The molecule has 0 spiro atoms. The van der Waals surface area contributed by atoms with Crippen LogP contribution >= 0.6 is 0 Å². The van der Waals surface area contributed by atoms with E-state index in [9.17, 15) is 0 Å². The minimum Gasteiger partial charge on any atom is -0.315 e. The van der Waals surface area contributed by atoms with Gasteiger partial charge in [-0.3, -0.25) is 4.90 Å². The van der Waals surface area contributed by atoms with E-state index in [1.807, 2.05) is 0 Å². The molecule has 2 aliphatic carbocycles. The van der Waals surface area contributed by atoms with Gasteiger partial charge in [-0.1, -0.05) is 39.0 Å². The van der Waals surface area contributed by atoms with E-state index in [4.69, 9.17) is 0 Å². The molecule has 2 fully saturated rings. The van der Waals surface area contributed by atoms with Crippen molar-refractivity contribution < 1.29 is 0 Å². The van der Waals surface area contributed by atoms with Crippen LogP contribution < -0.4 is 5.32 Å². The van der Waals surface area contributed by atoms with Gasteiger partial charge in [-0.2, -0.15) is 0 Å². The van der Waals surface area contributed by atoms with Crippen LogP contribution in [0.5, 0.6) is 0 Å². The maximum atomic E-state index is 3.69. The lowest BCUT2D eigenvalue weighted by Gasteiger charge is -2.33. The van der Waals surface area contributed by atoms with Gasteiger partial charge in [0.05, 0.1) is 0 Å². The Morgan fingerprint density at radius 3 is 2.28 bits per heavy atom. The zero-order chi connectivity index (χ0) is 12.6. The Bertz CT molecular complexity index is 205. The SMILES string of the molecule is CCN(CCNCC1CCCC1)C1CCCCC1. The molecule has 106 valence electrons. The number of hydrogen-bond donors (Lipinski definition) is 1. The van der Waals surface area contributed by atoms with E-state index < -0.39 is 0 Å². The van der Waals surface area contributed by atoms with Gasteiger partial charge in [0.15, 0.2) is 0 Å². The van der Waals surface area contributed by atoms with Gasteiger partial charge in [-0.05, 0) is 44.7 Å². The third-order valence-corrected chi connectivity index (χ3v) is 4.98. The summed E-state index contributed by atoms with van der Waals surface area (Å²) in [5, 5.41) is 3.69. The summed E-state index contributed by atoms with van der Waals surface area (Å²) in [5.41, 5.74) is 0. The van der Waals surface area contributed by atoms with Gasteiger partial charge in [0.25, 0.3) is 0 Å². The molecule has 0 atom stereocenters. The summed E-state index contributed by atoms with van der Waals surface area (Å²) in [6.07, 6.45) is 13.1. The molecule has 0 heterocycles. The van der Waals surface area contributed by atoms with Crippen molar-refractivity contribution in [2.24, 2.45) is 5.92 Å². The molecule has 0 aromatic rings. The molecule has 2 rings (SSSR count). The fourth-order valence-electron chi connectivity index (χ4n) is 3.79. The van der Waals surface area contributed by atoms with Crippen LogP contribution in [0.1, 0.15) is 64.7 Å². The zero-order valence-electron chi connectivity index (χ0n) is 12.3. The third kappa shape index (κ3) is 4.55. The summed E-state index contributed by atoms with van der Waals surface area (Å²) in [6.45, 7) is 7.28. The molecule has 2 saturated carbocycles. The van der Waals surface area contributed by atoms with Crippen molar-refractivity contribution in [3.63, 3.8) is 0 Å². The normalized spacial score (nSPS) is 23.0. The maximum absolute atomic E-state index is 3.69. The van der Waals surface area contributed by atoms with E-state index >= 15 is 0 Å². The lowest BCUT2D eigenvalue weighted by atomic mass is 9.94. The largest absolute Gasteiger partial charge is 0.315 e. The summed E-state index contributed by atoms with van der Waals surface area (Å²) in [7, 11) is 0. The van der Waals surface area contributed by atoms with Gasteiger partial charge in [-0.15, -0.1) is 0 Å². The predicted octanol–water partition coefficient (Wildman–Crippen LogP) is 3.42. The van der Waals surface area contributed by atoms with Gasteiger partial charge in [0.1, 0.15) is 0 Å². The monoisotopic (exact) mass is 252 g/mol. The van der Waals surface area contributed by atoms with E-state index in [2.05, 4.69) is 17.1 Å². The highest BCUT2D eigenvalue weighted by Gasteiger charge is 2.19. The first-order valence-electron chi connectivity index (χ1n) is 8.35. The van der Waals surface area contributed by atoms with Crippen LogP contribution in [-0.2, 0) is 0 Å². The Balaban J connectivity index is 1.57. The summed E-state index contributed by atoms with van der Waals surface area (Å²) in [5.74, 6) is 0.981. The van der Waals surface area contributed by atoms with E-state index in [0.29, 0.717) is 0 Å². The number of nitrogens with zero attached hydrogens (tertiary/aromatic N) is 1.